The Balaban J connectivity index is 2.42. The number of pyridine rings is 2. The zero-order chi connectivity index (χ0) is 9.10. The van der Waals surface area contributed by atoms with E-state index in [9.17, 15) is 0 Å². The second-order valence-electron chi connectivity index (χ2n) is 2.60. The number of halogens is 1. The van der Waals surface area contributed by atoms with Crippen LogP contribution < -0.4 is 0 Å². The van der Waals surface area contributed by atoms with Gasteiger partial charge in [0.1, 0.15) is 0 Å². The lowest BCUT2D eigenvalue weighted by molar-refractivity contribution is 1.28. The van der Waals surface area contributed by atoms with Gasteiger partial charge in [0.15, 0.2) is 0 Å². The molecule has 0 N–H and O–H groups in total. The van der Waals surface area contributed by atoms with Gasteiger partial charge in [0.05, 0.1) is 5.69 Å². The average Bonchev–Trinajstić information content (AvgIpc) is 2.20. The van der Waals surface area contributed by atoms with Gasteiger partial charge in [-0.25, -0.2) is 0 Å². The molecule has 2 heterocycles. The molecule has 0 bridgehead atoms. The van der Waals surface area contributed by atoms with Crippen molar-refractivity contribution in [2.24, 2.45) is 0 Å². The van der Waals surface area contributed by atoms with E-state index in [0.29, 0.717) is 0 Å². The molecule has 0 saturated carbocycles. The molecule has 2 aromatic rings. The van der Waals surface area contributed by atoms with Crippen LogP contribution in [0.3, 0.4) is 0 Å². The third kappa shape index (κ3) is 2.03. The van der Waals surface area contributed by atoms with E-state index in [-0.39, 0.29) is 0 Å². The molecule has 2 nitrogen and oxygen atoms in total. The maximum Gasteiger partial charge on any atom is 0.0703 e. The summed E-state index contributed by atoms with van der Waals surface area (Å²) in [6.45, 7) is 0. The lowest BCUT2D eigenvalue weighted by Crippen LogP contribution is -1.83. The number of nitrogens with zero attached hydrogens (tertiary/aromatic N) is 2. The van der Waals surface area contributed by atoms with Crippen molar-refractivity contribution in [3.05, 3.63) is 46.4 Å². The van der Waals surface area contributed by atoms with Crippen LogP contribution in [0, 0.1) is 3.57 Å². The highest BCUT2D eigenvalue weighted by Crippen LogP contribution is 2.15. The highest BCUT2D eigenvalue weighted by atomic mass is 127. The molecule has 2 aromatic heterocycles. The lowest BCUT2D eigenvalue weighted by Gasteiger charge is -1.98. The van der Waals surface area contributed by atoms with E-state index in [1.165, 1.54) is 0 Å². The largest absolute Gasteiger partial charge is 0.265 e. The third-order valence-electron chi connectivity index (χ3n) is 1.70. The number of rotatable bonds is 1. The quantitative estimate of drug-likeness (QED) is 0.752. The maximum atomic E-state index is 4.31. The van der Waals surface area contributed by atoms with Crippen LogP contribution in [0.25, 0.3) is 11.3 Å². The minimum atomic E-state index is 0.989. The summed E-state index contributed by atoms with van der Waals surface area (Å²) in [6.07, 6.45) is 5.40. The van der Waals surface area contributed by atoms with Gasteiger partial charge in [-0.05, 0) is 46.9 Å². The summed E-state index contributed by atoms with van der Waals surface area (Å²) in [6, 6.07) is 7.96. The number of hydrogen-bond donors (Lipinski definition) is 0. The Bertz CT molecular complexity index is 383. The standard InChI is InChI=1S/C10H7IN2/c11-9-1-2-10(13-7-9)8-3-5-12-6-4-8/h1-7H. The van der Waals surface area contributed by atoms with Gasteiger partial charge < -0.3 is 0 Å². The van der Waals surface area contributed by atoms with Crippen LogP contribution in [-0.4, -0.2) is 9.97 Å². The van der Waals surface area contributed by atoms with Gasteiger partial charge in [0.25, 0.3) is 0 Å². The second-order valence-corrected chi connectivity index (χ2v) is 3.84. The first-order chi connectivity index (χ1) is 6.36. The molecule has 0 aliphatic heterocycles. The molecule has 0 spiro atoms. The van der Waals surface area contributed by atoms with Crippen LogP contribution >= 0.6 is 22.6 Å². The number of hydrogen-bond acceptors (Lipinski definition) is 2. The van der Waals surface area contributed by atoms with Crippen molar-refractivity contribution in [3.63, 3.8) is 0 Å². The summed E-state index contributed by atoms with van der Waals surface area (Å²) in [5.74, 6) is 0. The molecule has 0 saturated heterocycles. The van der Waals surface area contributed by atoms with E-state index < -0.39 is 0 Å². The normalized spacial score (nSPS) is 9.92. The molecular formula is C10H7IN2. The van der Waals surface area contributed by atoms with Crippen molar-refractivity contribution in [2.45, 2.75) is 0 Å². The Kier molecular flexibility index (Phi) is 2.54. The molecule has 0 amide bonds. The Morgan fingerprint density at radius 1 is 1.00 bits per heavy atom. The highest BCUT2D eigenvalue weighted by Gasteiger charge is 1.96. The van der Waals surface area contributed by atoms with Crippen molar-refractivity contribution in [1.29, 1.82) is 0 Å². The zero-order valence-electron chi connectivity index (χ0n) is 6.81. The van der Waals surface area contributed by atoms with E-state index in [4.69, 9.17) is 0 Å². The SMILES string of the molecule is Ic1ccc(-c2ccncc2)nc1. The fourth-order valence-corrected chi connectivity index (χ4v) is 1.39. The Morgan fingerprint density at radius 2 is 1.77 bits per heavy atom. The number of aromatic nitrogens is 2. The average molecular weight is 282 g/mol. The predicted molar refractivity (Wildman–Crippen MR) is 60.2 cm³/mol. The van der Waals surface area contributed by atoms with Gasteiger partial charge in [-0.1, -0.05) is 0 Å². The molecule has 0 unspecified atom stereocenters. The van der Waals surface area contributed by atoms with Crippen molar-refractivity contribution in [2.75, 3.05) is 0 Å². The lowest BCUT2D eigenvalue weighted by atomic mass is 10.2. The predicted octanol–water partition coefficient (Wildman–Crippen LogP) is 2.75. The van der Waals surface area contributed by atoms with E-state index >= 15 is 0 Å². The van der Waals surface area contributed by atoms with E-state index in [1.807, 2.05) is 30.5 Å². The van der Waals surface area contributed by atoms with Gasteiger partial charge in [-0.3, -0.25) is 9.97 Å². The fraction of sp³-hybridized carbons (Fsp3) is 0. The molecule has 0 aromatic carbocycles. The Labute approximate surface area is 90.2 Å². The van der Waals surface area contributed by atoms with Gasteiger partial charge in [0, 0.05) is 27.7 Å². The van der Waals surface area contributed by atoms with Crippen LogP contribution in [0.4, 0.5) is 0 Å². The molecule has 64 valence electrons. The van der Waals surface area contributed by atoms with Crippen LogP contribution in [0.15, 0.2) is 42.9 Å². The van der Waals surface area contributed by atoms with Crippen LogP contribution in [-0.2, 0) is 0 Å². The molecule has 0 radical (unpaired) electrons. The first kappa shape index (κ1) is 8.62. The van der Waals surface area contributed by atoms with E-state index in [1.54, 1.807) is 12.4 Å². The first-order valence-electron chi connectivity index (χ1n) is 3.88. The molecule has 0 atom stereocenters. The molecule has 3 heteroatoms. The molecule has 0 fully saturated rings. The van der Waals surface area contributed by atoms with Gasteiger partial charge in [0.2, 0.25) is 0 Å². The van der Waals surface area contributed by atoms with Crippen molar-refractivity contribution in [1.82, 2.24) is 9.97 Å². The summed E-state index contributed by atoms with van der Waals surface area (Å²) < 4.78 is 1.15. The topological polar surface area (TPSA) is 25.8 Å². The summed E-state index contributed by atoms with van der Waals surface area (Å²) in [4.78, 5) is 8.27. The molecule has 0 aliphatic rings. The van der Waals surface area contributed by atoms with Gasteiger partial charge >= 0.3 is 0 Å². The molecule has 13 heavy (non-hydrogen) atoms. The fourth-order valence-electron chi connectivity index (χ4n) is 1.07. The van der Waals surface area contributed by atoms with Crippen LogP contribution in [0.1, 0.15) is 0 Å². The zero-order valence-corrected chi connectivity index (χ0v) is 8.97. The third-order valence-corrected chi connectivity index (χ3v) is 2.34. The Hall–Kier alpha value is -0.970. The first-order valence-corrected chi connectivity index (χ1v) is 4.96. The summed E-state index contributed by atoms with van der Waals surface area (Å²) >= 11 is 2.24. The maximum absolute atomic E-state index is 4.31. The summed E-state index contributed by atoms with van der Waals surface area (Å²) in [5.41, 5.74) is 2.09. The van der Waals surface area contributed by atoms with Crippen molar-refractivity contribution >= 4 is 22.6 Å². The minimum Gasteiger partial charge on any atom is -0.265 e. The summed E-state index contributed by atoms with van der Waals surface area (Å²) in [7, 11) is 0. The van der Waals surface area contributed by atoms with Crippen molar-refractivity contribution < 1.29 is 0 Å². The van der Waals surface area contributed by atoms with Crippen molar-refractivity contribution in [3.8, 4) is 11.3 Å². The van der Waals surface area contributed by atoms with Crippen LogP contribution in [0.5, 0.6) is 0 Å². The van der Waals surface area contributed by atoms with Crippen LogP contribution in [0.2, 0.25) is 0 Å². The second kappa shape index (κ2) is 3.83. The molecular weight excluding hydrogens is 275 g/mol. The van der Waals surface area contributed by atoms with Gasteiger partial charge in [-0.2, -0.15) is 0 Å². The highest BCUT2D eigenvalue weighted by molar-refractivity contribution is 14.1. The Morgan fingerprint density at radius 3 is 2.38 bits per heavy atom. The van der Waals surface area contributed by atoms with E-state index in [2.05, 4.69) is 32.6 Å². The molecule has 0 aliphatic carbocycles. The minimum absolute atomic E-state index is 0.989. The van der Waals surface area contributed by atoms with Gasteiger partial charge in [-0.15, -0.1) is 0 Å². The summed E-state index contributed by atoms with van der Waals surface area (Å²) in [5, 5.41) is 0. The smallest absolute Gasteiger partial charge is 0.0703 e. The monoisotopic (exact) mass is 282 g/mol. The van der Waals surface area contributed by atoms with E-state index in [0.717, 1.165) is 14.8 Å². The molecule has 2 rings (SSSR count).